The molecule has 0 saturated carbocycles. The van der Waals surface area contributed by atoms with E-state index >= 15 is 0 Å². The second-order valence-electron chi connectivity index (χ2n) is 6.25. The van der Waals surface area contributed by atoms with Gasteiger partial charge in [0.2, 0.25) is 0 Å². The third kappa shape index (κ3) is 3.41. The molecular weight excluding hydrogens is 266 g/mol. The van der Waals surface area contributed by atoms with Crippen molar-refractivity contribution in [1.29, 1.82) is 0 Å². The van der Waals surface area contributed by atoms with Crippen LogP contribution in [0.2, 0.25) is 0 Å². The molecule has 114 valence electrons. The van der Waals surface area contributed by atoms with Crippen LogP contribution < -0.4 is 5.32 Å². The maximum atomic E-state index is 12.0. The fourth-order valence-corrected chi connectivity index (χ4v) is 3.42. The van der Waals surface area contributed by atoms with Gasteiger partial charge in [-0.1, -0.05) is 0 Å². The Morgan fingerprint density at radius 2 is 2.48 bits per heavy atom. The Morgan fingerprint density at radius 1 is 1.57 bits per heavy atom. The van der Waals surface area contributed by atoms with Crippen molar-refractivity contribution in [3.63, 3.8) is 0 Å². The van der Waals surface area contributed by atoms with Gasteiger partial charge in [-0.15, -0.1) is 0 Å². The Bertz CT molecular complexity index is 490. The highest BCUT2D eigenvalue weighted by molar-refractivity contribution is 5.93. The van der Waals surface area contributed by atoms with Gasteiger partial charge >= 0.3 is 0 Å². The van der Waals surface area contributed by atoms with Crippen LogP contribution in [-0.4, -0.2) is 54.2 Å². The molecule has 3 rings (SSSR count). The van der Waals surface area contributed by atoms with Gasteiger partial charge < -0.3 is 15.0 Å². The largest absolute Gasteiger partial charge is 0.369 e. The van der Waals surface area contributed by atoms with Crippen molar-refractivity contribution in [2.24, 2.45) is 0 Å². The highest BCUT2D eigenvalue weighted by Crippen LogP contribution is 2.35. The summed E-state index contributed by atoms with van der Waals surface area (Å²) in [6.07, 6.45) is 7.85. The number of nitrogens with one attached hydrogen (secondary N) is 1. The van der Waals surface area contributed by atoms with Crippen LogP contribution >= 0.6 is 0 Å². The minimum Gasteiger partial charge on any atom is -0.369 e. The highest BCUT2D eigenvalue weighted by atomic mass is 16.5. The molecule has 0 aliphatic carbocycles. The van der Waals surface area contributed by atoms with Crippen LogP contribution in [0.4, 0.5) is 0 Å². The molecule has 0 radical (unpaired) electrons. The highest BCUT2D eigenvalue weighted by Gasteiger charge is 2.41. The fraction of sp³-hybridized carbons (Fsp3) is 0.625. The van der Waals surface area contributed by atoms with E-state index in [9.17, 15) is 4.79 Å². The van der Waals surface area contributed by atoms with Crippen LogP contribution in [0, 0.1) is 0 Å². The second kappa shape index (κ2) is 6.12. The Hall–Kier alpha value is -1.46. The predicted molar refractivity (Wildman–Crippen MR) is 80.1 cm³/mol. The first-order chi connectivity index (χ1) is 10.2. The molecule has 1 aromatic heterocycles. The quantitative estimate of drug-likeness (QED) is 0.915. The number of pyridine rings is 1. The van der Waals surface area contributed by atoms with E-state index in [1.165, 1.54) is 6.42 Å². The molecule has 2 saturated heterocycles. The van der Waals surface area contributed by atoms with Crippen LogP contribution in [0.5, 0.6) is 0 Å². The molecule has 0 bridgehead atoms. The molecule has 1 N–H and O–H groups in total. The lowest BCUT2D eigenvalue weighted by atomic mass is 9.90. The first-order valence-corrected chi connectivity index (χ1v) is 7.71. The molecule has 5 nitrogen and oxygen atoms in total. The van der Waals surface area contributed by atoms with Crippen LogP contribution in [0.15, 0.2) is 24.5 Å². The van der Waals surface area contributed by atoms with E-state index in [-0.39, 0.29) is 17.6 Å². The zero-order valence-corrected chi connectivity index (χ0v) is 12.5. The minimum atomic E-state index is -0.0742. The number of likely N-dealkylation sites (N-methyl/N-ethyl adjacent to an activating group) is 1. The maximum Gasteiger partial charge on any atom is 0.252 e. The molecule has 2 aliphatic heterocycles. The Kier molecular flexibility index (Phi) is 4.22. The fourth-order valence-electron chi connectivity index (χ4n) is 3.42. The van der Waals surface area contributed by atoms with Crippen molar-refractivity contribution < 1.29 is 9.53 Å². The summed E-state index contributed by atoms with van der Waals surface area (Å²) in [6, 6.07) is 3.55. The zero-order valence-electron chi connectivity index (χ0n) is 12.5. The van der Waals surface area contributed by atoms with Crippen LogP contribution in [0.1, 0.15) is 36.0 Å². The van der Waals surface area contributed by atoms with Crippen molar-refractivity contribution in [1.82, 2.24) is 15.2 Å². The molecule has 2 fully saturated rings. The van der Waals surface area contributed by atoms with E-state index < -0.39 is 0 Å². The monoisotopic (exact) mass is 289 g/mol. The molecule has 1 spiro atoms. The number of aromatic nitrogens is 1. The van der Waals surface area contributed by atoms with Crippen molar-refractivity contribution in [2.45, 2.75) is 37.4 Å². The van der Waals surface area contributed by atoms with Gasteiger partial charge in [-0.3, -0.25) is 9.78 Å². The summed E-state index contributed by atoms with van der Waals surface area (Å²) in [4.78, 5) is 18.3. The minimum absolute atomic E-state index is 0.0245. The third-order valence-corrected chi connectivity index (χ3v) is 4.50. The first-order valence-electron chi connectivity index (χ1n) is 7.71. The van der Waals surface area contributed by atoms with Crippen LogP contribution in [0.25, 0.3) is 0 Å². The van der Waals surface area contributed by atoms with Gasteiger partial charge in [0.15, 0.2) is 0 Å². The van der Waals surface area contributed by atoms with E-state index in [4.69, 9.17) is 4.74 Å². The number of hydrogen-bond donors (Lipinski definition) is 1. The van der Waals surface area contributed by atoms with Gasteiger partial charge in [0.25, 0.3) is 5.91 Å². The van der Waals surface area contributed by atoms with Gasteiger partial charge in [0.1, 0.15) is 0 Å². The summed E-state index contributed by atoms with van der Waals surface area (Å²) in [5.41, 5.74) is 0.625. The maximum absolute atomic E-state index is 12.0. The zero-order chi connectivity index (χ0) is 14.7. The van der Waals surface area contributed by atoms with Crippen molar-refractivity contribution in [3.05, 3.63) is 30.1 Å². The summed E-state index contributed by atoms with van der Waals surface area (Å²) < 4.78 is 6.32. The molecular formula is C16H23N3O2. The van der Waals surface area contributed by atoms with E-state index in [2.05, 4.69) is 22.2 Å². The summed E-state index contributed by atoms with van der Waals surface area (Å²) in [6.45, 7) is 2.70. The Morgan fingerprint density at radius 3 is 3.19 bits per heavy atom. The van der Waals surface area contributed by atoms with E-state index in [1.807, 2.05) is 0 Å². The lowest BCUT2D eigenvalue weighted by molar-refractivity contribution is -0.117. The van der Waals surface area contributed by atoms with Gasteiger partial charge in [-0.05, 0) is 44.9 Å². The SMILES string of the molecule is CN1CC[C@]2(CCC[C@H](CNC(=O)c3cccnc3)O2)C1. The van der Waals surface area contributed by atoms with E-state index in [1.54, 1.807) is 24.5 Å². The van der Waals surface area contributed by atoms with Crippen molar-refractivity contribution in [3.8, 4) is 0 Å². The predicted octanol–water partition coefficient (Wildman–Crippen LogP) is 1.45. The molecule has 1 aromatic rings. The lowest BCUT2D eigenvalue weighted by Gasteiger charge is -2.38. The Labute approximate surface area is 125 Å². The summed E-state index contributed by atoms with van der Waals surface area (Å²) in [5, 5.41) is 2.97. The molecule has 2 aliphatic rings. The number of rotatable bonds is 3. The summed E-state index contributed by atoms with van der Waals surface area (Å²) in [7, 11) is 2.14. The average Bonchev–Trinajstić information content (AvgIpc) is 2.86. The molecule has 2 atom stereocenters. The van der Waals surface area contributed by atoms with Crippen molar-refractivity contribution in [2.75, 3.05) is 26.7 Å². The number of ether oxygens (including phenoxy) is 1. The number of nitrogens with zero attached hydrogens (tertiary/aromatic N) is 2. The molecule has 21 heavy (non-hydrogen) atoms. The Balaban J connectivity index is 1.52. The van der Waals surface area contributed by atoms with E-state index in [0.29, 0.717) is 12.1 Å². The number of amides is 1. The number of carbonyl (C=O) groups excluding carboxylic acids is 1. The molecule has 0 aromatic carbocycles. The second-order valence-corrected chi connectivity index (χ2v) is 6.25. The molecule has 0 unspecified atom stereocenters. The smallest absolute Gasteiger partial charge is 0.252 e. The molecule has 1 amide bonds. The van der Waals surface area contributed by atoms with Gasteiger partial charge in [-0.2, -0.15) is 0 Å². The van der Waals surface area contributed by atoms with Crippen LogP contribution in [-0.2, 0) is 4.74 Å². The topological polar surface area (TPSA) is 54.5 Å². The third-order valence-electron chi connectivity index (χ3n) is 4.50. The number of likely N-dealkylation sites (tertiary alicyclic amines) is 1. The lowest BCUT2D eigenvalue weighted by Crippen LogP contribution is -2.46. The average molecular weight is 289 g/mol. The summed E-state index contributed by atoms with van der Waals surface area (Å²) in [5.74, 6) is -0.0742. The van der Waals surface area contributed by atoms with Gasteiger partial charge in [0, 0.05) is 32.0 Å². The number of carbonyl (C=O) groups is 1. The van der Waals surface area contributed by atoms with Gasteiger partial charge in [-0.25, -0.2) is 0 Å². The van der Waals surface area contributed by atoms with E-state index in [0.717, 1.165) is 32.4 Å². The molecule has 5 heteroatoms. The first kappa shape index (κ1) is 14.5. The number of hydrogen-bond acceptors (Lipinski definition) is 4. The molecule has 3 heterocycles. The van der Waals surface area contributed by atoms with Crippen molar-refractivity contribution >= 4 is 5.91 Å². The standard InChI is InChI=1S/C16H23N3O2/c1-19-9-7-16(12-19)6-2-5-14(21-16)11-18-15(20)13-4-3-8-17-10-13/h3-4,8,10,14H,2,5-7,9,11-12H2,1H3,(H,18,20)/t14-,16-/m1/s1. The normalized spacial score (nSPS) is 29.7. The summed E-state index contributed by atoms with van der Waals surface area (Å²) >= 11 is 0. The van der Waals surface area contributed by atoms with Gasteiger partial charge in [0.05, 0.1) is 17.3 Å². The van der Waals surface area contributed by atoms with Crippen LogP contribution in [0.3, 0.4) is 0 Å².